The summed E-state index contributed by atoms with van der Waals surface area (Å²) >= 11 is 7.08. The Kier molecular flexibility index (Phi) is 6.85. The van der Waals surface area contributed by atoms with Gasteiger partial charge in [-0.05, 0) is 42.8 Å². The fourth-order valence-electron chi connectivity index (χ4n) is 3.20. The maximum atomic E-state index is 14.7. The van der Waals surface area contributed by atoms with Crippen molar-refractivity contribution in [1.82, 2.24) is 9.21 Å². The number of amides is 2. The van der Waals surface area contributed by atoms with Crippen molar-refractivity contribution >= 4 is 56.5 Å². The van der Waals surface area contributed by atoms with Crippen LogP contribution in [0.15, 0.2) is 35.7 Å². The number of carbonyl (C=O) groups is 2. The van der Waals surface area contributed by atoms with Gasteiger partial charge in [0.1, 0.15) is 11.9 Å². The Balaban J connectivity index is 1.77. The summed E-state index contributed by atoms with van der Waals surface area (Å²) in [6.07, 6.45) is 1.63. The van der Waals surface area contributed by atoms with Gasteiger partial charge in [-0.15, -0.1) is 11.3 Å². The normalized spacial score (nSPS) is 17.2. The number of halogens is 2. The van der Waals surface area contributed by atoms with Gasteiger partial charge in [-0.3, -0.25) is 9.59 Å². The number of likely N-dealkylation sites (N-methyl/N-ethyl adjacent to an activating group) is 1. The average Bonchev–Trinajstić information content (AvgIpc) is 3.30. The Labute approximate surface area is 189 Å². The van der Waals surface area contributed by atoms with Gasteiger partial charge < -0.3 is 9.80 Å². The van der Waals surface area contributed by atoms with Crippen molar-refractivity contribution in [3.8, 4) is 0 Å². The van der Waals surface area contributed by atoms with Crippen LogP contribution in [-0.4, -0.2) is 63.2 Å². The van der Waals surface area contributed by atoms with Crippen LogP contribution in [0, 0.1) is 5.82 Å². The smallest absolute Gasteiger partial charge is 0.253 e. The van der Waals surface area contributed by atoms with Gasteiger partial charge in [-0.2, -0.15) is 4.31 Å². The van der Waals surface area contributed by atoms with E-state index in [1.807, 2.05) is 0 Å². The molecule has 1 aliphatic rings. The molecule has 0 aliphatic carbocycles. The molecule has 0 spiro atoms. The van der Waals surface area contributed by atoms with E-state index in [0.717, 1.165) is 15.8 Å². The molecule has 0 radical (unpaired) electrons. The number of nitrogens with zero attached hydrogens (tertiary/aromatic N) is 3. The average molecular weight is 486 g/mol. The highest BCUT2D eigenvalue weighted by Crippen LogP contribution is 2.29. The van der Waals surface area contributed by atoms with Crippen LogP contribution in [0.2, 0.25) is 4.34 Å². The summed E-state index contributed by atoms with van der Waals surface area (Å²) in [5.74, 6) is -1.60. The maximum Gasteiger partial charge on any atom is 0.253 e. The summed E-state index contributed by atoms with van der Waals surface area (Å²) in [7, 11) is 0.550. The largest absolute Gasteiger partial charge is 0.345 e. The third kappa shape index (κ3) is 4.98. The van der Waals surface area contributed by atoms with E-state index in [-0.39, 0.29) is 30.1 Å². The lowest BCUT2D eigenvalue weighted by atomic mass is 10.1. The van der Waals surface area contributed by atoms with Gasteiger partial charge in [0.2, 0.25) is 15.9 Å². The molecule has 2 amide bonds. The SMILES string of the molecule is CN(C)C(=O)c1ccc(N2CCC(N(C)S(=O)(=O)/C=C/c3ccc(Cl)s3)C2=O)c(F)c1. The van der Waals surface area contributed by atoms with Crippen LogP contribution in [-0.2, 0) is 14.8 Å². The van der Waals surface area contributed by atoms with Gasteiger partial charge in [0, 0.05) is 43.5 Å². The highest BCUT2D eigenvalue weighted by Gasteiger charge is 2.40. The minimum absolute atomic E-state index is 0.0115. The maximum absolute atomic E-state index is 14.7. The molecule has 1 aromatic heterocycles. The summed E-state index contributed by atoms with van der Waals surface area (Å²) in [6.45, 7) is 0.158. The minimum atomic E-state index is -3.88. The van der Waals surface area contributed by atoms with Gasteiger partial charge in [0.25, 0.3) is 5.91 Å². The van der Waals surface area contributed by atoms with Crippen molar-refractivity contribution in [3.63, 3.8) is 0 Å². The highest BCUT2D eigenvalue weighted by atomic mass is 35.5. The number of thiophene rings is 1. The van der Waals surface area contributed by atoms with Crippen molar-refractivity contribution in [2.75, 3.05) is 32.6 Å². The van der Waals surface area contributed by atoms with Crippen molar-refractivity contribution < 1.29 is 22.4 Å². The van der Waals surface area contributed by atoms with E-state index in [1.54, 1.807) is 26.2 Å². The lowest BCUT2D eigenvalue weighted by molar-refractivity contribution is -0.120. The second-order valence-electron chi connectivity index (χ2n) is 7.17. The number of hydrogen-bond donors (Lipinski definition) is 0. The fourth-order valence-corrected chi connectivity index (χ4v) is 5.31. The van der Waals surface area contributed by atoms with Crippen LogP contribution in [0.5, 0.6) is 0 Å². The molecule has 0 N–H and O–H groups in total. The van der Waals surface area contributed by atoms with Crippen molar-refractivity contribution in [2.45, 2.75) is 12.5 Å². The second-order valence-corrected chi connectivity index (χ2v) is 10.8. The molecular weight excluding hydrogens is 465 g/mol. The van der Waals surface area contributed by atoms with Crippen LogP contribution < -0.4 is 4.90 Å². The molecule has 2 heterocycles. The molecule has 0 bridgehead atoms. The lowest BCUT2D eigenvalue weighted by Crippen LogP contribution is -2.42. The molecular formula is C20H21ClFN3O4S2. The van der Waals surface area contributed by atoms with Gasteiger partial charge in [0.15, 0.2) is 0 Å². The number of anilines is 1. The van der Waals surface area contributed by atoms with E-state index in [0.29, 0.717) is 9.21 Å². The first-order chi connectivity index (χ1) is 14.5. The molecule has 1 aliphatic heterocycles. The van der Waals surface area contributed by atoms with E-state index >= 15 is 0 Å². The quantitative estimate of drug-likeness (QED) is 0.629. The molecule has 11 heteroatoms. The number of hydrogen-bond acceptors (Lipinski definition) is 5. The van der Waals surface area contributed by atoms with Crippen molar-refractivity contribution in [1.29, 1.82) is 0 Å². The molecule has 1 aromatic carbocycles. The van der Waals surface area contributed by atoms with Crippen LogP contribution in [0.4, 0.5) is 10.1 Å². The van der Waals surface area contributed by atoms with Crippen LogP contribution in [0.25, 0.3) is 6.08 Å². The molecule has 1 saturated heterocycles. The van der Waals surface area contributed by atoms with E-state index < -0.39 is 27.8 Å². The number of benzene rings is 1. The van der Waals surface area contributed by atoms with Gasteiger partial charge >= 0.3 is 0 Å². The van der Waals surface area contributed by atoms with Gasteiger partial charge in [0.05, 0.1) is 10.0 Å². The Morgan fingerprint density at radius 2 is 1.97 bits per heavy atom. The lowest BCUT2D eigenvalue weighted by Gasteiger charge is -2.22. The summed E-state index contributed by atoms with van der Waals surface area (Å²) < 4.78 is 41.5. The van der Waals surface area contributed by atoms with Crippen LogP contribution >= 0.6 is 22.9 Å². The first-order valence-corrected chi connectivity index (χ1v) is 11.9. The van der Waals surface area contributed by atoms with Gasteiger partial charge in [-0.25, -0.2) is 12.8 Å². The Morgan fingerprint density at radius 1 is 1.26 bits per heavy atom. The van der Waals surface area contributed by atoms with E-state index in [9.17, 15) is 22.4 Å². The predicted octanol–water partition coefficient (Wildman–Crippen LogP) is 3.28. The molecule has 3 rings (SSSR count). The van der Waals surface area contributed by atoms with Crippen LogP contribution in [0.1, 0.15) is 21.7 Å². The van der Waals surface area contributed by atoms with E-state index in [1.165, 1.54) is 46.4 Å². The minimum Gasteiger partial charge on any atom is -0.345 e. The molecule has 1 fully saturated rings. The van der Waals surface area contributed by atoms with E-state index in [4.69, 9.17) is 11.6 Å². The molecule has 7 nitrogen and oxygen atoms in total. The Morgan fingerprint density at radius 3 is 2.55 bits per heavy atom. The zero-order valence-electron chi connectivity index (χ0n) is 17.1. The van der Waals surface area contributed by atoms with Crippen LogP contribution in [0.3, 0.4) is 0 Å². The predicted molar refractivity (Wildman–Crippen MR) is 120 cm³/mol. The fraction of sp³-hybridized carbons (Fsp3) is 0.300. The highest BCUT2D eigenvalue weighted by molar-refractivity contribution is 7.92. The number of carbonyl (C=O) groups excluding carboxylic acids is 2. The molecule has 1 unspecified atom stereocenters. The van der Waals surface area contributed by atoms with Crippen molar-refractivity contribution in [2.24, 2.45) is 0 Å². The number of rotatable bonds is 6. The zero-order valence-corrected chi connectivity index (χ0v) is 19.5. The Hall–Kier alpha value is -2.27. The third-order valence-corrected chi connectivity index (χ3v) is 7.64. The number of sulfonamides is 1. The molecule has 0 saturated carbocycles. The summed E-state index contributed by atoms with van der Waals surface area (Å²) in [4.78, 5) is 28.1. The Bertz CT molecular complexity index is 1150. The first kappa shape index (κ1) is 23.4. The molecule has 2 aromatic rings. The van der Waals surface area contributed by atoms with Gasteiger partial charge in [-0.1, -0.05) is 11.6 Å². The van der Waals surface area contributed by atoms with Crippen molar-refractivity contribution in [3.05, 3.63) is 56.3 Å². The zero-order chi connectivity index (χ0) is 22.9. The monoisotopic (exact) mass is 485 g/mol. The topological polar surface area (TPSA) is 78.0 Å². The second kappa shape index (κ2) is 9.07. The summed E-state index contributed by atoms with van der Waals surface area (Å²) in [5, 5.41) is 1.02. The standard InChI is InChI=1S/C20H21ClFN3O4S2/c1-23(2)19(26)13-4-6-16(15(22)12-13)25-10-8-17(20(25)27)24(3)31(28,29)11-9-14-5-7-18(21)30-14/h4-7,9,11-12,17H,8,10H2,1-3H3/b11-9+. The summed E-state index contributed by atoms with van der Waals surface area (Å²) in [6, 6.07) is 6.27. The molecule has 31 heavy (non-hydrogen) atoms. The molecule has 166 valence electrons. The third-order valence-electron chi connectivity index (χ3n) is 4.91. The molecule has 1 atom stereocenters. The first-order valence-electron chi connectivity index (χ1n) is 9.25. The van der Waals surface area contributed by atoms with E-state index in [2.05, 4.69) is 0 Å². The summed E-state index contributed by atoms with van der Waals surface area (Å²) in [5.41, 5.74) is 0.172.